The van der Waals surface area contributed by atoms with Crippen molar-refractivity contribution in [3.8, 4) is 11.6 Å². The summed E-state index contributed by atoms with van der Waals surface area (Å²) in [5.74, 6) is 0.692. The monoisotopic (exact) mass is 570 g/mol. The Morgan fingerprint density at radius 3 is 2.20 bits per heavy atom. The van der Waals surface area contributed by atoms with Crippen LogP contribution in [-0.4, -0.2) is 52.8 Å². The Balaban J connectivity index is 0.00000189. The van der Waals surface area contributed by atoms with Gasteiger partial charge in [-0.25, -0.2) is 4.98 Å². The van der Waals surface area contributed by atoms with E-state index >= 15 is 0 Å². The van der Waals surface area contributed by atoms with Crippen molar-refractivity contribution in [2.45, 2.75) is 27.3 Å². The van der Waals surface area contributed by atoms with Crippen LogP contribution in [0.3, 0.4) is 0 Å². The lowest BCUT2D eigenvalue weighted by Crippen LogP contribution is -2.48. The smallest absolute Gasteiger partial charge is 0.255 e. The summed E-state index contributed by atoms with van der Waals surface area (Å²) in [6, 6.07) is 26.0. The first-order chi connectivity index (χ1) is 19.9. The van der Waals surface area contributed by atoms with Gasteiger partial charge in [0.15, 0.2) is 0 Å². The third kappa shape index (κ3) is 8.16. The molecular weight excluding hydrogens is 536 g/mol. The number of ether oxygens (including phenoxy) is 1. The van der Waals surface area contributed by atoms with Gasteiger partial charge in [-0.1, -0.05) is 61.8 Å². The van der Waals surface area contributed by atoms with E-state index in [1.165, 1.54) is 11.8 Å². The fourth-order valence-electron chi connectivity index (χ4n) is 4.37. The number of carbonyl (C=O) groups excluding carboxylic acids is 2. The molecule has 212 valence electrons. The van der Waals surface area contributed by atoms with E-state index < -0.39 is 0 Å². The second-order valence-electron chi connectivity index (χ2n) is 9.48. The lowest BCUT2D eigenvalue weighted by atomic mass is 10.1. The minimum atomic E-state index is -0.273. The molecule has 0 bridgehead atoms. The summed E-state index contributed by atoms with van der Waals surface area (Å²) in [4.78, 5) is 34.0. The van der Waals surface area contributed by atoms with Crippen LogP contribution in [0.1, 0.15) is 45.7 Å². The molecule has 8 heteroatoms. The number of nitrogens with zero attached hydrogens (tertiary/aromatic N) is 3. The number of carbonyl (C=O) groups is 2. The molecule has 0 spiro atoms. The van der Waals surface area contributed by atoms with Crippen LogP contribution < -0.4 is 10.1 Å². The Morgan fingerprint density at radius 2 is 1.56 bits per heavy atom. The molecule has 0 atom stereocenters. The molecule has 1 aliphatic heterocycles. The molecule has 0 saturated carbocycles. The van der Waals surface area contributed by atoms with Gasteiger partial charge in [-0.2, -0.15) is 0 Å². The van der Waals surface area contributed by atoms with Crippen molar-refractivity contribution in [1.82, 2.24) is 14.8 Å². The fourth-order valence-corrected chi connectivity index (χ4v) is 4.55. The third-order valence-corrected chi connectivity index (χ3v) is 7.07. The second kappa shape index (κ2) is 14.4. The first-order valence-electron chi connectivity index (χ1n) is 13.8. The van der Waals surface area contributed by atoms with E-state index in [0.29, 0.717) is 46.6 Å². The van der Waals surface area contributed by atoms with E-state index in [-0.39, 0.29) is 11.8 Å². The van der Waals surface area contributed by atoms with Crippen molar-refractivity contribution in [3.63, 3.8) is 0 Å². The van der Waals surface area contributed by atoms with Gasteiger partial charge in [-0.15, -0.1) is 0 Å². The molecule has 1 saturated heterocycles. The zero-order chi connectivity index (χ0) is 29.2. The molecule has 0 radical (unpaired) electrons. The maximum Gasteiger partial charge on any atom is 0.255 e. The number of halogens is 1. The molecule has 41 heavy (non-hydrogen) atoms. The number of hydrogen-bond donors (Lipinski definition) is 1. The molecule has 0 unspecified atom stereocenters. The number of amides is 2. The van der Waals surface area contributed by atoms with Crippen molar-refractivity contribution in [1.29, 1.82) is 0 Å². The highest BCUT2D eigenvalue weighted by Crippen LogP contribution is 2.23. The third-order valence-electron chi connectivity index (χ3n) is 6.66. The van der Waals surface area contributed by atoms with Crippen molar-refractivity contribution in [3.05, 3.63) is 118 Å². The normalized spacial score (nSPS) is 13.1. The highest BCUT2D eigenvalue weighted by Gasteiger charge is 2.22. The van der Waals surface area contributed by atoms with Gasteiger partial charge in [0.05, 0.1) is 11.9 Å². The molecule has 3 aromatic carbocycles. The van der Waals surface area contributed by atoms with Crippen LogP contribution in [0.25, 0.3) is 0 Å². The van der Waals surface area contributed by atoms with Gasteiger partial charge in [0.2, 0.25) is 5.88 Å². The maximum absolute atomic E-state index is 13.0. The zero-order valence-corrected chi connectivity index (χ0v) is 24.4. The quantitative estimate of drug-likeness (QED) is 0.257. The molecule has 1 aliphatic rings. The van der Waals surface area contributed by atoms with E-state index in [4.69, 9.17) is 16.3 Å². The molecule has 5 rings (SSSR count). The summed E-state index contributed by atoms with van der Waals surface area (Å²) in [6.45, 7) is 9.89. The van der Waals surface area contributed by atoms with E-state index in [0.717, 1.165) is 25.2 Å². The SMILES string of the molecule is CC.Cc1ccc(C(=O)Nc2ccc(Oc3ccc(C(=O)N4CCN(Cc5ccccc5)CC4)cc3)nc2)cc1Cl. The second-order valence-corrected chi connectivity index (χ2v) is 9.89. The predicted octanol–water partition coefficient (Wildman–Crippen LogP) is 7.07. The van der Waals surface area contributed by atoms with Gasteiger partial charge in [0, 0.05) is 54.9 Å². The number of aromatic nitrogens is 1. The lowest BCUT2D eigenvalue weighted by molar-refractivity contribution is 0.0628. The summed E-state index contributed by atoms with van der Waals surface area (Å²) in [7, 11) is 0. The Bertz CT molecular complexity index is 1440. The zero-order valence-electron chi connectivity index (χ0n) is 23.6. The van der Waals surface area contributed by atoms with Crippen LogP contribution in [0.15, 0.2) is 91.1 Å². The Labute approximate surface area is 246 Å². The van der Waals surface area contributed by atoms with E-state index in [1.807, 2.05) is 31.7 Å². The Kier molecular flexibility index (Phi) is 10.5. The first-order valence-corrected chi connectivity index (χ1v) is 14.2. The number of rotatable bonds is 7. The van der Waals surface area contributed by atoms with Crippen LogP contribution in [0.4, 0.5) is 5.69 Å². The first kappa shape index (κ1) is 29.8. The summed E-state index contributed by atoms with van der Waals surface area (Å²) >= 11 is 6.12. The molecule has 1 fully saturated rings. The predicted molar refractivity (Wildman–Crippen MR) is 164 cm³/mol. The van der Waals surface area contributed by atoms with E-state index in [2.05, 4.69) is 39.5 Å². The number of benzene rings is 3. The molecule has 1 aromatic heterocycles. The molecule has 2 heterocycles. The average molecular weight is 571 g/mol. The van der Waals surface area contributed by atoms with Crippen molar-refractivity contribution in [2.24, 2.45) is 0 Å². The Hall–Kier alpha value is -4.20. The average Bonchev–Trinajstić information content (AvgIpc) is 3.01. The van der Waals surface area contributed by atoms with Crippen LogP contribution in [0.5, 0.6) is 11.6 Å². The topological polar surface area (TPSA) is 74.8 Å². The highest BCUT2D eigenvalue weighted by molar-refractivity contribution is 6.31. The van der Waals surface area contributed by atoms with Crippen LogP contribution >= 0.6 is 11.6 Å². The molecule has 0 aliphatic carbocycles. The van der Waals surface area contributed by atoms with Crippen molar-refractivity contribution >= 4 is 29.1 Å². The number of hydrogen-bond acceptors (Lipinski definition) is 5. The van der Waals surface area contributed by atoms with Crippen LogP contribution in [0.2, 0.25) is 5.02 Å². The van der Waals surface area contributed by atoms with E-state index in [9.17, 15) is 9.59 Å². The summed E-state index contributed by atoms with van der Waals surface area (Å²) < 4.78 is 5.83. The van der Waals surface area contributed by atoms with Gasteiger partial charge in [-0.05, 0) is 60.5 Å². The van der Waals surface area contributed by atoms with Crippen molar-refractivity contribution < 1.29 is 14.3 Å². The van der Waals surface area contributed by atoms with Crippen LogP contribution in [0, 0.1) is 6.92 Å². The molecule has 4 aromatic rings. The van der Waals surface area contributed by atoms with Gasteiger partial charge in [0.25, 0.3) is 11.8 Å². The maximum atomic E-state index is 13.0. The largest absolute Gasteiger partial charge is 0.439 e. The minimum absolute atomic E-state index is 0.0222. The number of piperazine rings is 1. The van der Waals surface area contributed by atoms with Crippen molar-refractivity contribution in [2.75, 3.05) is 31.5 Å². The van der Waals surface area contributed by atoms with Gasteiger partial charge >= 0.3 is 0 Å². The number of anilines is 1. The van der Waals surface area contributed by atoms with Crippen LogP contribution in [-0.2, 0) is 6.54 Å². The number of pyridine rings is 1. The minimum Gasteiger partial charge on any atom is -0.439 e. The van der Waals surface area contributed by atoms with Gasteiger partial charge in [0.1, 0.15) is 5.75 Å². The summed E-state index contributed by atoms with van der Waals surface area (Å²) in [6.07, 6.45) is 1.53. The molecule has 2 amide bonds. The standard InChI is InChI=1S/C31H29ClN4O3.C2H6/c1-22-7-8-25(19-28(22)32)30(37)34-26-11-14-29(33-20-26)39-27-12-9-24(10-13-27)31(38)36-17-15-35(16-18-36)21-23-5-3-2-4-6-23;1-2/h2-14,19-20H,15-18,21H2,1H3,(H,34,37);1-2H3. The van der Waals surface area contributed by atoms with Gasteiger partial charge in [-0.3, -0.25) is 14.5 Å². The van der Waals surface area contributed by atoms with E-state index in [1.54, 1.807) is 54.6 Å². The summed E-state index contributed by atoms with van der Waals surface area (Å²) in [5, 5.41) is 3.34. The molecule has 7 nitrogen and oxygen atoms in total. The lowest BCUT2D eigenvalue weighted by Gasteiger charge is -2.34. The molecule has 1 N–H and O–H groups in total. The summed E-state index contributed by atoms with van der Waals surface area (Å²) in [5.41, 5.74) is 3.82. The fraction of sp³-hybridized carbons (Fsp3) is 0.242. The molecular formula is C33H35ClN4O3. The Morgan fingerprint density at radius 1 is 0.878 bits per heavy atom. The van der Waals surface area contributed by atoms with Gasteiger partial charge < -0.3 is 15.0 Å². The number of nitrogens with one attached hydrogen (secondary N) is 1. The highest BCUT2D eigenvalue weighted by atomic mass is 35.5. The number of aryl methyl sites for hydroxylation is 1.